The van der Waals surface area contributed by atoms with Gasteiger partial charge in [-0.15, -0.1) is 0 Å². The number of hydrogen-bond acceptors (Lipinski definition) is 2. The van der Waals surface area contributed by atoms with Crippen LogP contribution in [0.3, 0.4) is 0 Å². The van der Waals surface area contributed by atoms with E-state index < -0.39 is 13.1 Å². The van der Waals surface area contributed by atoms with Crippen molar-refractivity contribution in [3.05, 3.63) is 60.7 Å². The molecule has 2 aromatic carbocycles. The molecule has 0 saturated carbocycles. The maximum absolute atomic E-state index is 13.7. The van der Waals surface area contributed by atoms with Gasteiger partial charge in [-0.2, -0.15) is 0 Å². The summed E-state index contributed by atoms with van der Waals surface area (Å²) in [7, 11) is -2.61. The summed E-state index contributed by atoms with van der Waals surface area (Å²) in [6.45, 7) is 0. The summed E-state index contributed by atoms with van der Waals surface area (Å²) in [6, 6.07) is 19.4. The lowest BCUT2D eigenvalue weighted by Gasteiger charge is -2.19. The van der Waals surface area contributed by atoms with Gasteiger partial charge in [-0.3, -0.25) is 4.79 Å². The molecule has 0 radical (unpaired) electrons. The highest BCUT2D eigenvalue weighted by Crippen LogP contribution is 2.44. The molecule has 0 aromatic heterocycles. The predicted octanol–water partition coefficient (Wildman–Crippen LogP) is 4.04. The number of carboxylic acid groups (broad SMARTS) is 1. The number of carboxylic acids is 1. The van der Waals surface area contributed by atoms with E-state index in [0.717, 1.165) is 29.9 Å². The first-order valence-corrected chi connectivity index (χ1v) is 9.94. The Morgan fingerprint density at radius 2 is 1.26 bits per heavy atom. The Hall–Kier alpha value is -1.86. The maximum atomic E-state index is 13.7. The molecule has 0 atom stereocenters. The van der Waals surface area contributed by atoms with E-state index in [1.807, 2.05) is 60.7 Å². The molecule has 0 aliphatic carbocycles. The van der Waals surface area contributed by atoms with Crippen LogP contribution in [0, 0.1) is 0 Å². The topological polar surface area (TPSA) is 54.4 Å². The predicted molar refractivity (Wildman–Crippen MR) is 95.3 cm³/mol. The molecule has 0 heterocycles. The summed E-state index contributed by atoms with van der Waals surface area (Å²) in [5.41, 5.74) is 0. The van der Waals surface area contributed by atoms with E-state index in [1.54, 1.807) is 0 Å². The van der Waals surface area contributed by atoms with Crippen molar-refractivity contribution in [2.45, 2.75) is 32.1 Å². The highest BCUT2D eigenvalue weighted by molar-refractivity contribution is 7.78. The normalized spacial score (nSPS) is 11.3. The fraction of sp³-hybridized carbons (Fsp3) is 0.316. The van der Waals surface area contributed by atoms with Gasteiger partial charge in [-0.25, -0.2) is 0 Å². The second kappa shape index (κ2) is 8.69. The number of benzene rings is 2. The van der Waals surface area contributed by atoms with Crippen molar-refractivity contribution in [3.8, 4) is 0 Å². The second-order valence-electron chi connectivity index (χ2n) is 5.69. The number of hydrogen-bond donors (Lipinski definition) is 1. The molecule has 2 rings (SSSR count). The minimum Gasteiger partial charge on any atom is -0.481 e. The van der Waals surface area contributed by atoms with Gasteiger partial charge in [-0.1, -0.05) is 73.5 Å². The third-order valence-corrected chi connectivity index (χ3v) is 7.17. The summed E-state index contributed by atoms with van der Waals surface area (Å²) in [5, 5.41) is 10.5. The Labute approximate surface area is 137 Å². The average Bonchev–Trinajstić information content (AvgIpc) is 2.59. The van der Waals surface area contributed by atoms with Crippen molar-refractivity contribution < 1.29 is 14.5 Å². The highest BCUT2D eigenvalue weighted by atomic mass is 31.2. The average molecular weight is 330 g/mol. The van der Waals surface area contributed by atoms with Crippen LogP contribution >= 0.6 is 7.14 Å². The number of unbranched alkanes of at least 4 members (excludes halogenated alkanes) is 3. The third kappa shape index (κ3) is 5.07. The van der Waals surface area contributed by atoms with Crippen molar-refractivity contribution in [1.29, 1.82) is 0 Å². The van der Waals surface area contributed by atoms with E-state index >= 15 is 0 Å². The molecule has 1 N–H and O–H groups in total. The fourth-order valence-electron chi connectivity index (χ4n) is 2.71. The molecule has 0 amide bonds. The highest BCUT2D eigenvalue weighted by Gasteiger charge is 2.26. The molecule has 2 aromatic rings. The molecule has 0 bridgehead atoms. The summed E-state index contributed by atoms with van der Waals surface area (Å²) in [5.74, 6) is -0.746. The number of aliphatic carboxylic acids is 1. The summed E-state index contributed by atoms with van der Waals surface area (Å²) < 4.78 is 13.7. The van der Waals surface area contributed by atoms with Gasteiger partial charge >= 0.3 is 5.97 Å². The van der Waals surface area contributed by atoms with E-state index in [1.165, 1.54) is 0 Å². The Balaban J connectivity index is 2.04. The quantitative estimate of drug-likeness (QED) is 0.558. The van der Waals surface area contributed by atoms with Gasteiger partial charge < -0.3 is 9.67 Å². The van der Waals surface area contributed by atoms with E-state index in [2.05, 4.69) is 0 Å². The van der Waals surface area contributed by atoms with Crippen LogP contribution in [0.4, 0.5) is 0 Å². The lowest BCUT2D eigenvalue weighted by molar-refractivity contribution is -0.137. The Morgan fingerprint density at radius 3 is 1.74 bits per heavy atom. The van der Waals surface area contributed by atoms with Gasteiger partial charge in [0.2, 0.25) is 0 Å². The monoisotopic (exact) mass is 330 g/mol. The zero-order chi connectivity index (χ0) is 16.5. The summed E-state index contributed by atoms with van der Waals surface area (Å²) in [4.78, 5) is 10.5. The first kappa shape index (κ1) is 17.5. The van der Waals surface area contributed by atoms with Crippen molar-refractivity contribution in [1.82, 2.24) is 0 Å². The first-order chi connectivity index (χ1) is 11.1. The van der Waals surface area contributed by atoms with Gasteiger partial charge in [0, 0.05) is 23.2 Å². The molecule has 0 aliphatic heterocycles. The maximum Gasteiger partial charge on any atom is 0.303 e. The second-order valence-corrected chi connectivity index (χ2v) is 8.65. The minimum atomic E-state index is -2.61. The summed E-state index contributed by atoms with van der Waals surface area (Å²) in [6.07, 6.45) is 4.17. The van der Waals surface area contributed by atoms with E-state index in [4.69, 9.17) is 5.11 Å². The molecule has 4 heteroatoms. The zero-order valence-corrected chi connectivity index (χ0v) is 14.1. The Kier molecular flexibility index (Phi) is 6.61. The van der Waals surface area contributed by atoms with Crippen LogP contribution in [0.5, 0.6) is 0 Å². The van der Waals surface area contributed by atoms with Gasteiger partial charge in [0.05, 0.1) is 0 Å². The largest absolute Gasteiger partial charge is 0.481 e. The van der Waals surface area contributed by atoms with Crippen LogP contribution in [0.2, 0.25) is 0 Å². The number of carbonyl (C=O) groups is 1. The minimum absolute atomic E-state index is 0.217. The van der Waals surface area contributed by atoms with Crippen molar-refractivity contribution in [2.75, 3.05) is 6.16 Å². The lowest BCUT2D eigenvalue weighted by atomic mass is 10.2. The van der Waals surface area contributed by atoms with E-state index in [0.29, 0.717) is 12.6 Å². The molecule has 0 saturated heterocycles. The first-order valence-electron chi connectivity index (χ1n) is 8.05. The molecular weight excluding hydrogens is 307 g/mol. The van der Waals surface area contributed by atoms with Crippen LogP contribution in [-0.2, 0) is 9.36 Å². The van der Waals surface area contributed by atoms with Crippen LogP contribution in [0.1, 0.15) is 32.1 Å². The van der Waals surface area contributed by atoms with Gasteiger partial charge in [0.25, 0.3) is 0 Å². The smallest absolute Gasteiger partial charge is 0.303 e. The Morgan fingerprint density at radius 1 is 0.783 bits per heavy atom. The van der Waals surface area contributed by atoms with Crippen molar-refractivity contribution in [2.24, 2.45) is 0 Å². The molecule has 3 nitrogen and oxygen atoms in total. The molecule has 23 heavy (non-hydrogen) atoms. The van der Waals surface area contributed by atoms with Gasteiger partial charge in [-0.05, 0) is 12.8 Å². The summed E-state index contributed by atoms with van der Waals surface area (Å²) >= 11 is 0. The van der Waals surface area contributed by atoms with Gasteiger partial charge in [0.1, 0.15) is 7.14 Å². The van der Waals surface area contributed by atoms with Crippen LogP contribution in [-0.4, -0.2) is 17.2 Å². The van der Waals surface area contributed by atoms with Gasteiger partial charge in [0.15, 0.2) is 0 Å². The van der Waals surface area contributed by atoms with Crippen LogP contribution < -0.4 is 10.6 Å². The molecule has 0 unspecified atom stereocenters. The molecular formula is C19H23O3P. The SMILES string of the molecule is O=C(O)CCCCCCP(=O)(c1ccccc1)c1ccccc1. The fourth-order valence-corrected chi connectivity index (χ4v) is 5.50. The standard InChI is InChI=1S/C19H23O3P/c20-19(21)15-9-1-2-10-16-23(22,17-11-5-3-6-12-17)18-13-7-4-8-14-18/h3-8,11-14H,1-2,9-10,15-16H2,(H,20,21). The number of rotatable bonds is 9. The Bertz CT molecular complexity index is 609. The van der Waals surface area contributed by atoms with E-state index in [9.17, 15) is 9.36 Å². The third-order valence-electron chi connectivity index (χ3n) is 3.96. The van der Waals surface area contributed by atoms with Crippen molar-refractivity contribution >= 4 is 23.7 Å². The molecule has 0 spiro atoms. The van der Waals surface area contributed by atoms with Crippen LogP contribution in [0.25, 0.3) is 0 Å². The zero-order valence-electron chi connectivity index (χ0n) is 13.2. The lowest BCUT2D eigenvalue weighted by Crippen LogP contribution is -2.18. The van der Waals surface area contributed by atoms with Crippen LogP contribution in [0.15, 0.2) is 60.7 Å². The molecule has 0 fully saturated rings. The van der Waals surface area contributed by atoms with Crippen molar-refractivity contribution in [3.63, 3.8) is 0 Å². The van der Waals surface area contributed by atoms with E-state index in [-0.39, 0.29) is 6.42 Å². The molecule has 122 valence electrons. The molecule has 0 aliphatic rings.